The van der Waals surface area contributed by atoms with Gasteiger partial charge in [0.05, 0.1) is 0 Å². The van der Waals surface area contributed by atoms with E-state index in [1.807, 2.05) is 13.8 Å². The second kappa shape index (κ2) is 5.10. The Morgan fingerprint density at radius 3 is 2.60 bits per heavy atom. The molecule has 10 heavy (non-hydrogen) atoms. The molecule has 0 bridgehead atoms. The van der Waals surface area contributed by atoms with E-state index in [2.05, 4.69) is 30.7 Å². The van der Waals surface area contributed by atoms with Gasteiger partial charge in [-0.05, 0) is 20.3 Å². The van der Waals surface area contributed by atoms with Crippen molar-refractivity contribution in [1.82, 2.24) is 4.90 Å². The molecule has 0 aliphatic rings. The number of hydrogen-bond acceptors (Lipinski definition) is 1. The molecule has 0 unspecified atom stereocenters. The highest BCUT2D eigenvalue weighted by Crippen LogP contribution is 1.97. The van der Waals surface area contributed by atoms with Crippen molar-refractivity contribution >= 4 is 0 Å². The van der Waals surface area contributed by atoms with Gasteiger partial charge in [-0.15, -0.1) is 0 Å². The zero-order chi connectivity index (χ0) is 7.98. The van der Waals surface area contributed by atoms with E-state index in [9.17, 15) is 0 Å². The molecule has 0 aromatic heterocycles. The van der Waals surface area contributed by atoms with E-state index in [-0.39, 0.29) is 0 Å². The average Bonchev–Trinajstić information content (AvgIpc) is 1.88. The maximum Gasteiger partial charge on any atom is 0.0206 e. The minimum atomic E-state index is 1.07. The molecule has 58 valence electrons. The summed E-state index contributed by atoms with van der Waals surface area (Å²) in [5, 5.41) is 0. The first-order valence-corrected chi connectivity index (χ1v) is 3.66. The predicted molar refractivity (Wildman–Crippen MR) is 46.9 cm³/mol. The molecule has 0 fully saturated rings. The summed E-state index contributed by atoms with van der Waals surface area (Å²) in [6.07, 6.45) is 5.35. The molecule has 0 saturated heterocycles. The first-order chi connectivity index (χ1) is 4.68. The zero-order valence-corrected chi connectivity index (χ0v) is 7.22. The SMILES string of the molecule is C=C(C)N(C)CC/C=C\C. The molecule has 0 heterocycles. The van der Waals surface area contributed by atoms with Crippen molar-refractivity contribution in [1.29, 1.82) is 0 Å². The maximum absolute atomic E-state index is 3.84. The van der Waals surface area contributed by atoms with Crippen LogP contribution in [0.25, 0.3) is 0 Å². The van der Waals surface area contributed by atoms with Crippen molar-refractivity contribution in [3.8, 4) is 0 Å². The molecule has 0 N–H and O–H groups in total. The Kier molecular flexibility index (Phi) is 4.73. The zero-order valence-electron chi connectivity index (χ0n) is 7.22. The molecule has 0 aliphatic carbocycles. The lowest BCUT2D eigenvalue weighted by atomic mass is 10.3. The van der Waals surface area contributed by atoms with E-state index in [4.69, 9.17) is 0 Å². The third-order valence-electron chi connectivity index (χ3n) is 1.52. The quantitative estimate of drug-likeness (QED) is 0.541. The first-order valence-electron chi connectivity index (χ1n) is 3.66. The molecule has 0 spiro atoms. The van der Waals surface area contributed by atoms with Gasteiger partial charge in [0.15, 0.2) is 0 Å². The summed E-state index contributed by atoms with van der Waals surface area (Å²) in [6.45, 7) is 8.97. The lowest BCUT2D eigenvalue weighted by Crippen LogP contribution is -2.15. The van der Waals surface area contributed by atoms with E-state index in [1.165, 1.54) is 0 Å². The van der Waals surface area contributed by atoms with Crippen molar-refractivity contribution in [2.45, 2.75) is 20.3 Å². The summed E-state index contributed by atoms with van der Waals surface area (Å²) in [4.78, 5) is 2.15. The number of nitrogens with zero attached hydrogens (tertiary/aromatic N) is 1. The monoisotopic (exact) mass is 139 g/mol. The molecular formula is C9H17N. The second-order valence-corrected chi connectivity index (χ2v) is 2.51. The molecule has 0 aromatic carbocycles. The van der Waals surface area contributed by atoms with Crippen molar-refractivity contribution < 1.29 is 0 Å². The largest absolute Gasteiger partial charge is 0.378 e. The first kappa shape index (κ1) is 9.28. The summed E-state index contributed by atoms with van der Waals surface area (Å²) < 4.78 is 0. The third-order valence-corrected chi connectivity index (χ3v) is 1.52. The Morgan fingerprint density at radius 1 is 1.60 bits per heavy atom. The number of rotatable bonds is 4. The van der Waals surface area contributed by atoms with Crippen molar-refractivity contribution in [2.75, 3.05) is 13.6 Å². The van der Waals surface area contributed by atoms with Crippen LogP contribution in [-0.4, -0.2) is 18.5 Å². The fourth-order valence-electron chi connectivity index (χ4n) is 0.626. The normalized spacial score (nSPS) is 10.3. The molecule has 0 radical (unpaired) electrons. The van der Waals surface area contributed by atoms with Crippen LogP contribution >= 0.6 is 0 Å². The highest BCUT2D eigenvalue weighted by atomic mass is 15.1. The van der Waals surface area contributed by atoms with Gasteiger partial charge in [-0.3, -0.25) is 0 Å². The summed E-state index contributed by atoms with van der Waals surface area (Å²) in [7, 11) is 2.06. The van der Waals surface area contributed by atoms with Crippen LogP contribution in [0.15, 0.2) is 24.4 Å². The maximum atomic E-state index is 3.84. The van der Waals surface area contributed by atoms with Crippen LogP contribution in [0.3, 0.4) is 0 Å². The van der Waals surface area contributed by atoms with Crippen LogP contribution in [0.2, 0.25) is 0 Å². The number of allylic oxidation sites excluding steroid dienone is 2. The molecule has 1 heteroatoms. The van der Waals surface area contributed by atoms with Crippen molar-refractivity contribution in [3.63, 3.8) is 0 Å². The molecule has 0 rings (SSSR count). The Labute approximate surface area is 64.0 Å². The van der Waals surface area contributed by atoms with Gasteiger partial charge in [0.25, 0.3) is 0 Å². The highest BCUT2D eigenvalue weighted by molar-refractivity contribution is 4.88. The van der Waals surface area contributed by atoms with E-state index < -0.39 is 0 Å². The number of hydrogen-bond donors (Lipinski definition) is 0. The second-order valence-electron chi connectivity index (χ2n) is 2.51. The minimum absolute atomic E-state index is 1.07. The Morgan fingerprint density at radius 2 is 2.20 bits per heavy atom. The average molecular weight is 139 g/mol. The Balaban J connectivity index is 3.39. The smallest absolute Gasteiger partial charge is 0.0206 e. The van der Waals surface area contributed by atoms with E-state index in [1.54, 1.807) is 0 Å². The Hall–Kier alpha value is -0.720. The molecule has 0 atom stereocenters. The van der Waals surface area contributed by atoms with Crippen LogP contribution in [0.1, 0.15) is 20.3 Å². The molecule has 0 amide bonds. The van der Waals surface area contributed by atoms with E-state index >= 15 is 0 Å². The fourth-order valence-corrected chi connectivity index (χ4v) is 0.626. The molecule has 1 nitrogen and oxygen atoms in total. The van der Waals surface area contributed by atoms with Crippen LogP contribution in [-0.2, 0) is 0 Å². The van der Waals surface area contributed by atoms with Crippen LogP contribution in [0, 0.1) is 0 Å². The summed E-state index contributed by atoms with van der Waals surface area (Å²) in [6, 6.07) is 0. The molecular weight excluding hydrogens is 122 g/mol. The lowest BCUT2D eigenvalue weighted by Gasteiger charge is -2.16. The Bertz CT molecular complexity index is 125. The van der Waals surface area contributed by atoms with Gasteiger partial charge in [-0.25, -0.2) is 0 Å². The van der Waals surface area contributed by atoms with Gasteiger partial charge in [-0.1, -0.05) is 18.7 Å². The topological polar surface area (TPSA) is 3.24 Å². The van der Waals surface area contributed by atoms with Crippen molar-refractivity contribution in [3.05, 3.63) is 24.4 Å². The molecule has 0 aromatic rings. The summed E-state index contributed by atoms with van der Waals surface area (Å²) >= 11 is 0. The lowest BCUT2D eigenvalue weighted by molar-refractivity contribution is 0.428. The summed E-state index contributed by atoms with van der Waals surface area (Å²) in [5.74, 6) is 0. The third kappa shape index (κ3) is 4.19. The van der Waals surface area contributed by atoms with Gasteiger partial charge in [0, 0.05) is 19.3 Å². The molecule has 0 aliphatic heterocycles. The minimum Gasteiger partial charge on any atom is -0.378 e. The molecule has 0 saturated carbocycles. The van der Waals surface area contributed by atoms with Crippen LogP contribution in [0.4, 0.5) is 0 Å². The van der Waals surface area contributed by atoms with Gasteiger partial charge < -0.3 is 4.90 Å². The van der Waals surface area contributed by atoms with Gasteiger partial charge in [-0.2, -0.15) is 0 Å². The standard InChI is InChI=1S/C9H17N/c1-5-6-7-8-10(4)9(2)3/h5-6H,2,7-8H2,1,3-4H3/b6-5-. The van der Waals surface area contributed by atoms with E-state index in [0.29, 0.717) is 0 Å². The van der Waals surface area contributed by atoms with Crippen molar-refractivity contribution in [2.24, 2.45) is 0 Å². The highest BCUT2D eigenvalue weighted by Gasteiger charge is 1.91. The van der Waals surface area contributed by atoms with Crippen LogP contribution in [0.5, 0.6) is 0 Å². The predicted octanol–water partition coefficient (Wildman–Crippen LogP) is 2.42. The summed E-state index contributed by atoms with van der Waals surface area (Å²) in [5.41, 5.74) is 1.13. The van der Waals surface area contributed by atoms with E-state index in [0.717, 1.165) is 18.7 Å². The fraction of sp³-hybridized carbons (Fsp3) is 0.556. The van der Waals surface area contributed by atoms with Gasteiger partial charge in [0.1, 0.15) is 0 Å². The van der Waals surface area contributed by atoms with Gasteiger partial charge in [0.2, 0.25) is 0 Å². The van der Waals surface area contributed by atoms with Crippen LogP contribution < -0.4 is 0 Å². The van der Waals surface area contributed by atoms with Gasteiger partial charge >= 0.3 is 0 Å².